The van der Waals surface area contributed by atoms with Crippen molar-refractivity contribution in [1.29, 1.82) is 0 Å². The fourth-order valence-electron chi connectivity index (χ4n) is 2.60. The van der Waals surface area contributed by atoms with Crippen LogP contribution in [0.4, 0.5) is 4.70 Å². The van der Waals surface area contributed by atoms with Crippen LogP contribution in [0.2, 0.25) is 0 Å². The van der Waals surface area contributed by atoms with Crippen LogP contribution in [0.3, 0.4) is 0 Å². The predicted octanol–water partition coefficient (Wildman–Crippen LogP) is 4.72. The van der Waals surface area contributed by atoms with Crippen LogP contribution in [0, 0.1) is 0 Å². The summed E-state index contributed by atoms with van der Waals surface area (Å²) in [5.74, 6) is -0.219. The molecule has 0 amide bonds. The van der Waals surface area contributed by atoms with E-state index in [1.165, 1.54) is 20.2 Å². The van der Waals surface area contributed by atoms with Crippen molar-refractivity contribution in [3.8, 4) is 0 Å². The van der Waals surface area contributed by atoms with E-state index in [0.717, 1.165) is 6.42 Å². The molecule has 3 aromatic carbocycles. The second-order valence-corrected chi connectivity index (χ2v) is 9.95. The third-order valence-electron chi connectivity index (χ3n) is 4.10. The molecule has 0 aromatic heterocycles. The highest BCUT2D eigenvalue weighted by Gasteiger charge is 2.27. The van der Waals surface area contributed by atoms with E-state index in [9.17, 15) is 13.0 Å². The highest BCUT2D eigenvalue weighted by molar-refractivity contribution is 7.97. The van der Waals surface area contributed by atoms with Crippen LogP contribution in [0.5, 0.6) is 0 Å². The first-order chi connectivity index (χ1) is 13.9. The molecule has 0 fully saturated rings. The molecule has 0 atom stereocenters. The number of benzene rings is 3. The summed E-state index contributed by atoms with van der Waals surface area (Å²) in [6.07, 6.45) is 1.23. The molecule has 0 saturated heterocycles. The zero-order valence-corrected chi connectivity index (χ0v) is 18.6. The molecule has 4 nitrogen and oxygen atoms in total. The Bertz CT molecular complexity index is 911. The van der Waals surface area contributed by atoms with Gasteiger partial charge in [-0.3, -0.25) is 4.70 Å². The van der Waals surface area contributed by atoms with Crippen molar-refractivity contribution < 1.29 is 17.7 Å². The Balaban J connectivity index is 0.000000431. The van der Waals surface area contributed by atoms with E-state index < -0.39 is 10.1 Å². The SMILES string of the molecule is CCCCS(=O)(=O)[O-].F.NCc1ccc([S+](c2ccccc2)c2ccccc2)cc1. The Kier molecular flexibility index (Phi) is 11.4. The van der Waals surface area contributed by atoms with Gasteiger partial charge in [0.1, 0.15) is 0 Å². The second-order valence-electron chi connectivity index (χ2n) is 6.40. The first-order valence-electron chi connectivity index (χ1n) is 9.51. The van der Waals surface area contributed by atoms with Crippen LogP contribution in [0.25, 0.3) is 0 Å². The topological polar surface area (TPSA) is 83.2 Å². The zero-order chi connectivity index (χ0) is 21.1. The molecule has 3 rings (SSSR count). The van der Waals surface area contributed by atoms with E-state index in [1.54, 1.807) is 0 Å². The number of hydrogen-bond acceptors (Lipinski definition) is 4. The van der Waals surface area contributed by atoms with Gasteiger partial charge in [0, 0.05) is 12.3 Å². The summed E-state index contributed by atoms with van der Waals surface area (Å²) in [4.78, 5) is 4.00. The highest BCUT2D eigenvalue weighted by Crippen LogP contribution is 2.30. The molecule has 0 radical (unpaired) electrons. The molecule has 30 heavy (non-hydrogen) atoms. The number of halogens is 1. The zero-order valence-electron chi connectivity index (χ0n) is 16.9. The fraction of sp³-hybridized carbons (Fsp3) is 0.217. The summed E-state index contributed by atoms with van der Waals surface area (Å²) in [5.41, 5.74) is 6.87. The van der Waals surface area contributed by atoms with Crippen molar-refractivity contribution in [2.24, 2.45) is 5.73 Å². The van der Waals surface area contributed by atoms with Gasteiger partial charge >= 0.3 is 0 Å². The molecule has 3 aromatic rings. The summed E-state index contributed by atoms with van der Waals surface area (Å²) in [6, 6.07) is 30.0. The van der Waals surface area contributed by atoms with Crippen molar-refractivity contribution in [2.45, 2.75) is 41.0 Å². The molecule has 2 N–H and O–H groups in total. The lowest BCUT2D eigenvalue weighted by Crippen LogP contribution is -2.05. The number of hydrogen-bond donors (Lipinski definition) is 1. The van der Waals surface area contributed by atoms with Gasteiger partial charge in [-0.15, -0.1) is 0 Å². The van der Waals surface area contributed by atoms with Gasteiger partial charge in [0.2, 0.25) is 0 Å². The monoisotopic (exact) mass is 449 g/mol. The molecule has 0 unspecified atom stereocenters. The van der Waals surface area contributed by atoms with Gasteiger partial charge < -0.3 is 10.3 Å². The van der Waals surface area contributed by atoms with Crippen molar-refractivity contribution in [3.63, 3.8) is 0 Å². The number of nitrogens with two attached hydrogens (primary N) is 1. The van der Waals surface area contributed by atoms with E-state index in [2.05, 4.69) is 84.9 Å². The predicted molar refractivity (Wildman–Crippen MR) is 121 cm³/mol. The molecule has 162 valence electrons. The van der Waals surface area contributed by atoms with Crippen LogP contribution < -0.4 is 5.73 Å². The molecule has 0 saturated carbocycles. The first-order valence-corrected chi connectivity index (χ1v) is 12.3. The van der Waals surface area contributed by atoms with Gasteiger partial charge in [0.25, 0.3) is 0 Å². The average Bonchev–Trinajstić information content (AvgIpc) is 2.74. The molecule has 0 aliphatic heterocycles. The van der Waals surface area contributed by atoms with Crippen LogP contribution in [0.15, 0.2) is 99.6 Å². The maximum atomic E-state index is 9.83. The minimum Gasteiger partial charge on any atom is -0.748 e. The van der Waals surface area contributed by atoms with Crippen LogP contribution in [-0.2, 0) is 27.6 Å². The molecule has 0 spiro atoms. The van der Waals surface area contributed by atoms with Crippen LogP contribution >= 0.6 is 0 Å². The van der Waals surface area contributed by atoms with E-state index in [-0.39, 0.29) is 21.4 Å². The Morgan fingerprint density at radius 1 is 0.800 bits per heavy atom. The summed E-state index contributed by atoms with van der Waals surface area (Å²) in [5, 5.41) is 0. The summed E-state index contributed by atoms with van der Waals surface area (Å²) in [7, 11) is -4.00. The molecule has 0 bridgehead atoms. The average molecular weight is 450 g/mol. The highest BCUT2D eigenvalue weighted by atomic mass is 32.2. The maximum Gasteiger partial charge on any atom is 0.166 e. The normalized spacial score (nSPS) is 10.7. The van der Waals surface area contributed by atoms with Gasteiger partial charge in [0.15, 0.2) is 14.7 Å². The van der Waals surface area contributed by atoms with Crippen molar-refractivity contribution in [1.82, 2.24) is 0 Å². The summed E-state index contributed by atoms with van der Waals surface area (Å²) >= 11 is 0. The minimum absolute atomic E-state index is 0. The van der Waals surface area contributed by atoms with Crippen molar-refractivity contribution in [2.75, 3.05) is 5.75 Å². The maximum absolute atomic E-state index is 9.83. The van der Waals surface area contributed by atoms with Gasteiger partial charge in [-0.05, 0) is 48.4 Å². The van der Waals surface area contributed by atoms with Gasteiger partial charge in [0.05, 0.1) is 21.0 Å². The number of rotatable bonds is 7. The van der Waals surface area contributed by atoms with Gasteiger partial charge in [-0.2, -0.15) is 0 Å². The van der Waals surface area contributed by atoms with Crippen molar-refractivity contribution in [3.05, 3.63) is 90.5 Å². The Hall–Kier alpha value is -2.19. The minimum atomic E-state index is -3.94. The smallest absolute Gasteiger partial charge is 0.166 e. The first kappa shape index (κ1) is 25.8. The lowest BCUT2D eigenvalue weighted by molar-refractivity contribution is 0.461. The van der Waals surface area contributed by atoms with E-state index in [1.807, 2.05) is 6.92 Å². The fourth-order valence-corrected chi connectivity index (χ4v) is 5.33. The third kappa shape index (κ3) is 8.67. The summed E-state index contributed by atoms with van der Waals surface area (Å²) in [6.45, 7) is 2.43. The second kappa shape index (κ2) is 13.2. The molecule has 7 heteroatoms. The van der Waals surface area contributed by atoms with E-state index in [0.29, 0.717) is 13.0 Å². The van der Waals surface area contributed by atoms with Crippen LogP contribution in [-0.4, -0.2) is 18.7 Å². The van der Waals surface area contributed by atoms with Gasteiger partial charge in [-0.1, -0.05) is 61.9 Å². The summed E-state index contributed by atoms with van der Waals surface area (Å²) < 4.78 is 29.5. The standard InChI is InChI=1S/C19H18NS.C4H10O3S.FH/c20-15-16-11-13-19(14-12-16)21(17-7-3-1-4-8-17)18-9-5-2-6-10-18;1-2-3-4-8(5,6)7;/h1-14H,15,20H2;2-4H2,1H3,(H,5,6,7);1H/q+1;;/p-1. The molecule has 0 aliphatic carbocycles. The quantitative estimate of drug-likeness (QED) is 0.418. The molecular weight excluding hydrogens is 421 g/mol. The largest absolute Gasteiger partial charge is 0.748 e. The van der Waals surface area contributed by atoms with Gasteiger partial charge in [-0.25, -0.2) is 8.42 Å². The van der Waals surface area contributed by atoms with E-state index in [4.69, 9.17) is 5.73 Å². The molecular formula is C23H28FNO3S2. The Morgan fingerprint density at radius 2 is 1.23 bits per heavy atom. The Labute approximate surface area is 181 Å². The molecule has 0 heterocycles. The van der Waals surface area contributed by atoms with Crippen LogP contribution in [0.1, 0.15) is 25.3 Å². The van der Waals surface area contributed by atoms with Crippen molar-refractivity contribution >= 4 is 21.0 Å². The Morgan fingerprint density at radius 3 is 1.57 bits per heavy atom. The number of unbranched alkanes of at least 4 members (excludes halogenated alkanes) is 1. The molecule has 0 aliphatic rings. The lowest BCUT2D eigenvalue weighted by atomic mass is 10.2. The third-order valence-corrected chi connectivity index (χ3v) is 7.12. The van der Waals surface area contributed by atoms with E-state index >= 15 is 0 Å². The lowest BCUT2D eigenvalue weighted by Gasteiger charge is -2.08.